The number of ketones is 1. The fourth-order valence-corrected chi connectivity index (χ4v) is 12.7. The van der Waals surface area contributed by atoms with Gasteiger partial charge in [-0.1, -0.05) is 48.5 Å². The molecule has 0 unspecified atom stereocenters. The highest BCUT2D eigenvalue weighted by atomic mass is 16.6. The van der Waals surface area contributed by atoms with Crippen LogP contribution in [0.3, 0.4) is 0 Å². The number of allylic oxidation sites excluding steroid dienone is 1. The van der Waals surface area contributed by atoms with Crippen LogP contribution in [0.25, 0.3) is 0 Å². The number of hydrogen-bond acceptors (Lipinski definition) is 5. The van der Waals surface area contributed by atoms with Crippen molar-refractivity contribution in [1.82, 2.24) is 10.2 Å². The molecule has 6 rings (SSSR count). The van der Waals surface area contributed by atoms with Crippen molar-refractivity contribution >= 4 is 17.8 Å². The Hall–Kier alpha value is -1.89. The molecule has 2 amide bonds. The van der Waals surface area contributed by atoms with Crippen molar-refractivity contribution in [1.29, 1.82) is 0 Å². The van der Waals surface area contributed by atoms with Gasteiger partial charge in [0.1, 0.15) is 5.60 Å². The van der Waals surface area contributed by atoms with Gasteiger partial charge in [0.15, 0.2) is 5.78 Å². The zero-order chi connectivity index (χ0) is 34.5. The van der Waals surface area contributed by atoms with Crippen molar-refractivity contribution in [3.8, 4) is 0 Å². The van der Waals surface area contributed by atoms with E-state index in [4.69, 9.17) is 4.74 Å². The van der Waals surface area contributed by atoms with Crippen LogP contribution in [0.15, 0.2) is 11.1 Å². The summed E-state index contributed by atoms with van der Waals surface area (Å²) in [5.41, 5.74) is 1.06. The number of aliphatic hydroxyl groups excluding tert-OH is 1. The monoisotopic (exact) mass is 652 g/mol. The highest BCUT2D eigenvalue weighted by Crippen LogP contribution is 2.76. The van der Waals surface area contributed by atoms with Gasteiger partial charge in [0.2, 0.25) is 5.91 Å². The minimum atomic E-state index is -0.760. The second kappa shape index (κ2) is 11.3. The Bertz CT molecular complexity index is 1340. The fraction of sp³-hybridized carbons (Fsp3) is 0.875. The zero-order valence-corrected chi connectivity index (χ0v) is 31.2. The van der Waals surface area contributed by atoms with Crippen molar-refractivity contribution in [2.45, 2.75) is 158 Å². The number of rotatable bonds is 3. The lowest BCUT2D eigenvalue weighted by Crippen LogP contribution is -2.66. The second-order valence-electron chi connectivity index (χ2n) is 19.4. The summed E-state index contributed by atoms with van der Waals surface area (Å²) in [6.07, 6.45) is 9.25. The summed E-state index contributed by atoms with van der Waals surface area (Å²) in [5.74, 6) is 1.61. The second-order valence-corrected chi connectivity index (χ2v) is 19.4. The van der Waals surface area contributed by atoms with Gasteiger partial charge in [0, 0.05) is 25.6 Å². The van der Waals surface area contributed by atoms with Crippen molar-refractivity contribution < 1.29 is 24.2 Å². The van der Waals surface area contributed by atoms with Crippen molar-refractivity contribution in [2.75, 3.05) is 13.1 Å². The molecule has 0 spiro atoms. The van der Waals surface area contributed by atoms with Crippen molar-refractivity contribution in [2.24, 2.45) is 50.7 Å². The molecule has 1 aliphatic heterocycles. The molecule has 7 heteroatoms. The lowest BCUT2D eigenvalue weighted by atomic mass is 9.33. The highest BCUT2D eigenvalue weighted by Gasteiger charge is 2.70. The number of carbonyl (C=O) groups excluding carboxylic acids is 3. The van der Waals surface area contributed by atoms with E-state index in [1.165, 1.54) is 5.57 Å². The maximum absolute atomic E-state index is 14.6. The topological polar surface area (TPSA) is 95.9 Å². The first-order chi connectivity index (χ1) is 21.7. The molecular formula is C40H64N2O5. The molecule has 5 aliphatic carbocycles. The van der Waals surface area contributed by atoms with Crippen LogP contribution in [0.5, 0.6) is 0 Å². The molecule has 4 saturated carbocycles. The molecule has 47 heavy (non-hydrogen) atoms. The number of ether oxygens (including phenoxy) is 1. The summed E-state index contributed by atoms with van der Waals surface area (Å²) in [4.78, 5) is 43.0. The number of aliphatic hydroxyl groups is 1. The number of piperidine rings is 1. The van der Waals surface area contributed by atoms with E-state index in [0.29, 0.717) is 44.2 Å². The first kappa shape index (κ1) is 35.0. The molecule has 2 N–H and O–H groups in total. The number of amides is 2. The Morgan fingerprint density at radius 2 is 1.53 bits per heavy atom. The van der Waals surface area contributed by atoms with Gasteiger partial charge >= 0.3 is 6.09 Å². The van der Waals surface area contributed by atoms with Crippen LogP contribution < -0.4 is 5.32 Å². The third-order valence-corrected chi connectivity index (χ3v) is 15.3. The van der Waals surface area contributed by atoms with E-state index in [1.54, 1.807) is 4.90 Å². The number of Topliss-reactive ketones (excluding diaryl/α,β-unsaturated/α-hetero) is 1. The molecule has 1 heterocycles. The molecule has 0 aromatic rings. The Balaban J connectivity index is 1.27. The molecule has 0 bridgehead atoms. The summed E-state index contributed by atoms with van der Waals surface area (Å²) in [7, 11) is 0. The number of nitrogens with one attached hydrogen (secondary N) is 1. The Kier molecular flexibility index (Phi) is 8.42. The standard InChI is InChI=1S/C40H64N2O5/c1-24(2)31-27(43)23-40(33(45)41-25-15-21-42(22-16-25)34(46)47-35(3,4)5)20-19-38(9)26(32(31)40)11-12-29-37(8)17-14-30(44)36(6,7)28(37)13-18-39(29,38)10/h24-26,28-30,44H,11-23H2,1-10H3,(H,41,45)/t26-,28+,29-,30+,37+,38-,39-,40-/m1/s1. The van der Waals surface area contributed by atoms with E-state index in [-0.39, 0.29) is 63.4 Å². The maximum Gasteiger partial charge on any atom is 0.410 e. The summed E-state index contributed by atoms with van der Waals surface area (Å²) >= 11 is 0. The van der Waals surface area contributed by atoms with E-state index in [1.807, 2.05) is 20.8 Å². The van der Waals surface area contributed by atoms with Crippen LogP contribution in [0.2, 0.25) is 0 Å². The lowest BCUT2D eigenvalue weighted by molar-refractivity contribution is -0.228. The fourth-order valence-electron chi connectivity index (χ4n) is 12.7. The maximum atomic E-state index is 14.6. The predicted molar refractivity (Wildman–Crippen MR) is 184 cm³/mol. The molecule has 264 valence electrons. The minimum Gasteiger partial charge on any atom is -0.444 e. The van der Waals surface area contributed by atoms with E-state index < -0.39 is 11.0 Å². The van der Waals surface area contributed by atoms with Crippen LogP contribution in [0.4, 0.5) is 4.79 Å². The predicted octanol–water partition coefficient (Wildman–Crippen LogP) is 7.84. The first-order valence-corrected chi connectivity index (χ1v) is 19.0. The average molecular weight is 653 g/mol. The van der Waals surface area contributed by atoms with Gasteiger partial charge in [0.25, 0.3) is 0 Å². The zero-order valence-electron chi connectivity index (χ0n) is 31.2. The summed E-state index contributed by atoms with van der Waals surface area (Å²) in [5, 5.41) is 14.5. The smallest absolute Gasteiger partial charge is 0.410 e. The van der Waals surface area contributed by atoms with Crippen LogP contribution in [0, 0.1) is 50.7 Å². The van der Waals surface area contributed by atoms with Gasteiger partial charge in [-0.25, -0.2) is 4.79 Å². The SMILES string of the molecule is CC(C)C1=C2[C@H]3CC[C@@H]4[C@@]5(C)CC[C@H](O)C(C)(C)[C@@H]5CC[C@@]4(C)[C@]3(C)CC[C@@]2(C(=O)NC2CCN(C(=O)OC(C)(C)C)CC2)CC1=O. The molecule has 6 aliphatic rings. The normalized spacial score (nSPS) is 42.0. The Morgan fingerprint density at radius 1 is 0.872 bits per heavy atom. The highest BCUT2D eigenvalue weighted by molar-refractivity contribution is 6.07. The summed E-state index contributed by atoms with van der Waals surface area (Å²) < 4.78 is 5.59. The molecule has 7 nitrogen and oxygen atoms in total. The third kappa shape index (κ3) is 5.16. The molecular weight excluding hydrogens is 588 g/mol. The molecule has 0 aromatic heterocycles. The van der Waals surface area contributed by atoms with Gasteiger partial charge < -0.3 is 20.1 Å². The number of likely N-dealkylation sites (tertiary alicyclic amines) is 1. The molecule has 5 fully saturated rings. The van der Waals surface area contributed by atoms with Gasteiger partial charge in [-0.15, -0.1) is 0 Å². The average Bonchev–Trinajstić information content (AvgIpc) is 3.28. The van der Waals surface area contributed by atoms with E-state index in [2.05, 4.69) is 53.8 Å². The molecule has 1 saturated heterocycles. The van der Waals surface area contributed by atoms with Crippen molar-refractivity contribution in [3.05, 3.63) is 11.1 Å². The lowest BCUT2D eigenvalue weighted by Gasteiger charge is -2.72. The first-order valence-electron chi connectivity index (χ1n) is 19.0. The van der Waals surface area contributed by atoms with E-state index in [0.717, 1.165) is 56.9 Å². The number of hydrogen-bond donors (Lipinski definition) is 2. The van der Waals surface area contributed by atoms with Crippen LogP contribution in [-0.2, 0) is 14.3 Å². The van der Waals surface area contributed by atoms with Gasteiger partial charge in [-0.05, 0) is 141 Å². The number of fused-ring (bicyclic) bond motifs is 7. The van der Waals surface area contributed by atoms with Crippen LogP contribution in [0.1, 0.15) is 140 Å². The minimum absolute atomic E-state index is 0.00668. The summed E-state index contributed by atoms with van der Waals surface area (Å²) in [6, 6.07) is -0.0168. The third-order valence-electron chi connectivity index (χ3n) is 15.3. The Labute approximate surface area is 284 Å². The van der Waals surface area contributed by atoms with Crippen LogP contribution >= 0.6 is 0 Å². The summed E-state index contributed by atoms with van der Waals surface area (Å²) in [6.45, 7) is 23.3. The Morgan fingerprint density at radius 3 is 2.15 bits per heavy atom. The molecule has 0 radical (unpaired) electrons. The van der Waals surface area contributed by atoms with Gasteiger partial charge in [-0.2, -0.15) is 0 Å². The van der Waals surface area contributed by atoms with E-state index in [9.17, 15) is 19.5 Å². The van der Waals surface area contributed by atoms with Crippen molar-refractivity contribution in [3.63, 3.8) is 0 Å². The quantitative estimate of drug-likeness (QED) is 0.324. The molecule has 0 aromatic carbocycles. The van der Waals surface area contributed by atoms with Gasteiger partial charge in [-0.3, -0.25) is 9.59 Å². The van der Waals surface area contributed by atoms with E-state index >= 15 is 0 Å². The molecule has 8 atom stereocenters. The van der Waals surface area contributed by atoms with Gasteiger partial charge in [0.05, 0.1) is 11.5 Å². The number of nitrogens with zero attached hydrogens (tertiary/aromatic N) is 1. The van der Waals surface area contributed by atoms with Crippen LogP contribution in [-0.4, -0.2) is 58.6 Å². The number of carbonyl (C=O) groups is 3. The largest absolute Gasteiger partial charge is 0.444 e.